The van der Waals surface area contributed by atoms with Crippen LogP contribution in [0.4, 0.5) is 13.2 Å². The Bertz CT molecular complexity index is 1150. The van der Waals surface area contributed by atoms with Crippen molar-refractivity contribution in [2.45, 2.75) is 31.0 Å². The number of fused-ring (bicyclic) bond motifs is 1. The summed E-state index contributed by atoms with van der Waals surface area (Å²) in [6.07, 6.45) is -0.907. The molecule has 1 amide bonds. The van der Waals surface area contributed by atoms with Gasteiger partial charge in [0.2, 0.25) is 5.91 Å². The SMILES string of the molecule is O=C(C1CC(c2c(-c3ccc(F)cc3)[nH]c3c(F)cc(F)cc23)C1)N1C[C@@H](O)[C@H](O)C1. The van der Waals surface area contributed by atoms with Crippen LogP contribution >= 0.6 is 0 Å². The Labute approximate surface area is 176 Å². The predicted octanol–water partition coefficient (Wildman–Crippen LogP) is 3.31. The molecule has 1 saturated heterocycles. The number of likely N-dealkylation sites (tertiary alicyclic amines) is 1. The van der Waals surface area contributed by atoms with Crippen LogP contribution in [-0.4, -0.2) is 51.3 Å². The number of nitrogens with one attached hydrogen (secondary N) is 1. The summed E-state index contributed by atoms with van der Waals surface area (Å²) >= 11 is 0. The lowest BCUT2D eigenvalue weighted by Gasteiger charge is -2.37. The second kappa shape index (κ2) is 7.39. The number of aromatic nitrogens is 1. The van der Waals surface area contributed by atoms with Gasteiger partial charge in [-0.1, -0.05) is 0 Å². The lowest BCUT2D eigenvalue weighted by molar-refractivity contribution is -0.138. The number of benzene rings is 2. The lowest BCUT2D eigenvalue weighted by atomic mass is 9.69. The Morgan fingerprint density at radius 2 is 1.61 bits per heavy atom. The second-order valence-electron chi connectivity index (χ2n) is 8.47. The summed E-state index contributed by atoms with van der Waals surface area (Å²) in [5.41, 5.74) is 2.12. The van der Waals surface area contributed by atoms with Crippen LogP contribution in [0.15, 0.2) is 36.4 Å². The van der Waals surface area contributed by atoms with Crippen molar-refractivity contribution in [3.05, 3.63) is 59.4 Å². The highest BCUT2D eigenvalue weighted by atomic mass is 19.1. The third kappa shape index (κ3) is 3.40. The average molecular weight is 430 g/mol. The third-order valence-corrected chi connectivity index (χ3v) is 6.46. The number of aromatic amines is 1. The molecule has 3 N–H and O–H groups in total. The second-order valence-corrected chi connectivity index (χ2v) is 8.47. The molecule has 31 heavy (non-hydrogen) atoms. The van der Waals surface area contributed by atoms with Gasteiger partial charge in [-0.25, -0.2) is 13.2 Å². The first-order valence-electron chi connectivity index (χ1n) is 10.2. The van der Waals surface area contributed by atoms with Gasteiger partial charge in [0, 0.05) is 30.5 Å². The van der Waals surface area contributed by atoms with E-state index in [0.29, 0.717) is 35.0 Å². The number of nitrogens with zero attached hydrogens (tertiary/aromatic N) is 1. The quantitative estimate of drug-likeness (QED) is 0.597. The van der Waals surface area contributed by atoms with Gasteiger partial charge in [-0.2, -0.15) is 0 Å². The Morgan fingerprint density at radius 3 is 2.26 bits per heavy atom. The highest BCUT2D eigenvalue weighted by Gasteiger charge is 2.43. The number of aliphatic hydroxyl groups excluding tert-OH is 2. The molecule has 5 rings (SSSR count). The fourth-order valence-corrected chi connectivity index (χ4v) is 4.77. The van der Waals surface area contributed by atoms with Crippen molar-refractivity contribution in [3.8, 4) is 11.3 Å². The maximum Gasteiger partial charge on any atom is 0.225 e. The zero-order valence-electron chi connectivity index (χ0n) is 16.5. The van der Waals surface area contributed by atoms with Gasteiger partial charge in [-0.3, -0.25) is 4.79 Å². The van der Waals surface area contributed by atoms with Crippen LogP contribution in [-0.2, 0) is 4.79 Å². The number of aliphatic hydroxyl groups is 2. The van der Waals surface area contributed by atoms with Crippen molar-refractivity contribution in [2.75, 3.05) is 13.1 Å². The topological polar surface area (TPSA) is 76.6 Å². The molecular formula is C23H21F3N2O3. The first-order valence-corrected chi connectivity index (χ1v) is 10.2. The summed E-state index contributed by atoms with van der Waals surface area (Å²) in [7, 11) is 0. The van der Waals surface area contributed by atoms with Gasteiger partial charge >= 0.3 is 0 Å². The van der Waals surface area contributed by atoms with Gasteiger partial charge in [-0.15, -0.1) is 0 Å². The molecule has 1 aliphatic heterocycles. The van der Waals surface area contributed by atoms with Gasteiger partial charge in [0.15, 0.2) is 0 Å². The minimum absolute atomic E-state index is 0.103. The predicted molar refractivity (Wildman–Crippen MR) is 108 cm³/mol. The molecule has 2 aliphatic rings. The minimum Gasteiger partial charge on any atom is -0.388 e. The van der Waals surface area contributed by atoms with E-state index >= 15 is 0 Å². The van der Waals surface area contributed by atoms with Crippen molar-refractivity contribution in [2.24, 2.45) is 5.92 Å². The van der Waals surface area contributed by atoms with Gasteiger partial charge in [0.05, 0.1) is 23.4 Å². The van der Waals surface area contributed by atoms with Gasteiger partial charge in [0.25, 0.3) is 0 Å². The molecule has 0 unspecified atom stereocenters. The highest BCUT2D eigenvalue weighted by molar-refractivity contribution is 5.92. The summed E-state index contributed by atoms with van der Waals surface area (Å²) in [5, 5.41) is 19.8. The molecule has 0 radical (unpaired) electrons. The molecular weight excluding hydrogens is 409 g/mol. The number of amides is 1. The molecule has 1 saturated carbocycles. The van der Waals surface area contributed by atoms with E-state index in [1.165, 1.54) is 23.1 Å². The summed E-state index contributed by atoms with van der Waals surface area (Å²) in [4.78, 5) is 17.2. The zero-order valence-corrected chi connectivity index (χ0v) is 16.5. The molecule has 8 heteroatoms. The van der Waals surface area contributed by atoms with Gasteiger partial charge < -0.3 is 20.1 Å². The molecule has 2 heterocycles. The molecule has 2 fully saturated rings. The van der Waals surface area contributed by atoms with Crippen molar-refractivity contribution < 1.29 is 28.2 Å². The number of H-pyrrole nitrogens is 1. The number of hydrogen-bond donors (Lipinski definition) is 3. The lowest BCUT2D eigenvalue weighted by Crippen LogP contribution is -2.40. The fourth-order valence-electron chi connectivity index (χ4n) is 4.77. The number of β-amino-alcohol motifs (C(OH)–C–C–N with tert-alkyl or cyclic N) is 2. The van der Waals surface area contributed by atoms with E-state index < -0.39 is 29.7 Å². The van der Waals surface area contributed by atoms with Gasteiger partial charge in [0.1, 0.15) is 17.5 Å². The third-order valence-electron chi connectivity index (χ3n) is 6.46. The molecule has 0 bridgehead atoms. The van der Waals surface area contributed by atoms with E-state index in [1.807, 2.05) is 0 Å². The molecule has 0 spiro atoms. The monoisotopic (exact) mass is 430 g/mol. The molecule has 162 valence electrons. The maximum atomic E-state index is 14.4. The van der Waals surface area contributed by atoms with Crippen LogP contribution in [0.1, 0.15) is 24.3 Å². The molecule has 2 aromatic carbocycles. The van der Waals surface area contributed by atoms with Crippen molar-refractivity contribution >= 4 is 16.8 Å². The standard InChI is InChI=1S/C23H21F3N2O3/c24-14-3-1-11(2-4-14)21-20(16-7-15(25)8-17(26)22(16)27-21)12-5-13(6-12)23(31)28-9-18(29)19(30)10-28/h1-4,7-8,12-13,18-19,27,29-30H,5-6,9-10H2/t12?,13?,18-,19-/m1/s1. The smallest absolute Gasteiger partial charge is 0.225 e. The van der Waals surface area contributed by atoms with Crippen molar-refractivity contribution in [1.82, 2.24) is 9.88 Å². The minimum atomic E-state index is -0.940. The highest BCUT2D eigenvalue weighted by Crippen LogP contribution is 2.49. The van der Waals surface area contributed by atoms with Crippen LogP contribution in [0.25, 0.3) is 22.2 Å². The summed E-state index contributed by atoms with van der Waals surface area (Å²) in [6.45, 7) is 0.205. The van der Waals surface area contributed by atoms with E-state index in [4.69, 9.17) is 0 Å². The summed E-state index contributed by atoms with van der Waals surface area (Å²) in [5.74, 6) is -2.33. The summed E-state index contributed by atoms with van der Waals surface area (Å²) in [6, 6.07) is 7.85. The molecule has 3 aromatic rings. The largest absolute Gasteiger partial charge is 0.388 e. The summed E-state index contributed by atoms with van der Waals surface area (Å²) < 4.78 is 41.9. The maximum absolute atomic E-state index is 14.4. The normalized spacial score (nSPS) is 25.8. The van der Waals surface area contributed by atoms with Crippen LogP contribution < -0.4 is 0 Å². The van der Waals surface area contributed by atoms with Crippen LogP contribution in [0.2, 0.25) is 0 Å². The Balaban J connectivity index is 1.47. The average Bonchev–Trinajstić information content (AvgIpc) is 3.22. The molecule has 5 nitrogen and oxygen atoms in total. The first-order chi connectivity index (χ1) is 14.8. The zero-order chi connectivity index (χ0) is 21.9. The number of halogens is 3. The van der Waals surface area contributed by atoms with Crippen molar-refractivity contribution in [3.63, 3.8) is 0 Å². The molecule has 1 aliphatic carbocycles. The van der Waals surface area contributed by atoms with E-state index in [0.717, 1.165) is 6.07 Å². The van der Waals surface area contributed by atoms with E-state index in [-0.39, 0.29) is 36.3 Å². The number of carbonyl (C=O) groups excluding carboxylic acids is 1. The molecule has 2 atom stereocenters. The van der Waals surface area contributed by atoms with E-state index in [1.54, 1.807) is 12.1 Å². The van der Waals surface area contributed by atoms with Gasteiger partial charge in [-0.05, 0) is 60.2 Å². The fraction of sp³-hybridized carbons (Fsp3) is 0.348. The number of carbonyl (C=O) groups is 1. The number of hydrogen-bond acceptors (Lipinski definition) is 3. The van der Waals surface area contributed by atoms with Crippen LogP contribution in [0.3, 0.4) is 0 Å². The molecule has 1 aromatic heterocycles. The Kier molecular flexibility index (Phi) is 4.79. The Hall–Kier alpha value is -2.84. The first kappa shape index (κ1) is 20.1. The van der Waals surface area contributed by atoms with E-state index in [2.05, 4.69) is 4.98 Å². The van der Waals surface area contributed by atoms with Crippen molar-refractivity contribution in [1.29, 1.82) is 0 Å². The van der Waals surface area contributed by atoms with Crippen LogP contribution in [0.5, 0.6) is 0 Å². The Morgan fingerprint density at radius 1 is 0.968 bits per heavy atom. The van der Waals surface area contributed by atoms with E-state index in [9.17, 15) is 28.2 Å². The number of rotatable bonds is 3. The van der Waals surface area contributed by atoms with Crippen LogP contribution in [0, 0.1) is 23.4 Å².